The molecular weight excluding hydrogens is 512 g/mol. The summed E-state index contributed by atoms with van der Waals surface area (Å²) in [6, 6.07) is 18.4. The minimum atomic E-state index is -0.786. The Kier molecular flexibility index (Phi) is 7.47. The molecule has 0 unspecified atom stereocenters. The van der Waals surface area contributed by atoms with E-state index in [1.54, 1.807) is 31.6 Å². The second-order valence-corrected chi connectivity index (χ2v) is 9.89. The van der Waals surface area contributed by atoms with E-state index in [1.165, 1.54) is 11.3 Å². The second-order valence-electron chi connectivity index (χ2n) is 8.88. The molecule has 0 aliphatic carbocycles. The fourth-order valence-corrected chi connectivity index (χ4v) is 5.85. The first-order valence-electron chi connectivity index (χ1n) is 12.6. The standard InChI is InChI=1S/C31H28N2O5S/c1-5-16-38-22-12-9-10-20(17-22)18-25-29(34)33-28(26(30(35)37-6-2)19(3)32-31(33)39-25)27-23-13-8-7-11-21(23)14-15-24(27)36-4/h5,7-15,17-18,28H,1,6,16H2,2-4H3/b25-18-/t28-/m0/s1. The monoisotopic (exact) mass is 540 g/mol. The van der Waals surface area contributed by atoms with Gasteiger partial charge in [-0.05, 0) is 54.5 Å². The molecule has 1 aliphatic heterocycles. The first-order chi connectivity index (χ1) is 19.0. The van der Waals surface area contributed by atoms with Crippen LogP contribution in [-0.4, -0.2) is 30.9 Å². The maximum atomic E-state index is 14.0. The third kappa shape index (κ3) is 4.91. The van der Waals surface area contributed by atoms with Gasteiger partial charge in [0.2, 0.25) is 0 Å². The van der Waals surface area contributed by atoms with Gasteiger partial charge in [0, 0.05) is 5.56 Å². The van der Waals surface area contributed by atoms with E-state index < -0.39 is 12.0 Å². The fourth-order valence-electron chi connectivity index (χ4n) is 4.80. The second kappa shape index (κ2) is 11.1. The molecule has 0 saturated carbocycles. The number of nitrogens with zero attached hydrogens (tertiary/aromatic N) is 2. The smallest absolute Gasteiger partial charge is 0.338 e. The molecule has 0 amide bonds. The van der Waals surface area contributed by atoms with Gasteiger partial charge in [0.1, 0.15) is 24.1 Å². The molecule has 39 heavy (non-hydrogen) atoms. The van der Waals surface area contributed by atoms with Gasteiger partial charge in [-0.2, -0.15) is 0 Å². The van der Waals surface area contributed by atoms with E-state index in [2.05, 4.69) is 11.6 Å². The molecule has 8 heteroatoms. The Labute approximate surface area is 229 Å². The molecule has 0 radical (unpaired) electrons. The largest absolute Gasteiger partial charge is 0.496 e. The molecule has 1 aromatic heterocycles. The van der Waals surface area contributed by atoms with Crippen LogP contribution in [0.25, 0.3) is 16.8 Å². The number of ether oxygens (including phenoxy) is 3. The van der Waals surface area contributed by atoms with Crippen molar-refractivity contribution < 1.29 is 19.0 Å². The number of carbonyl (C=O) groups excluding carboxylic acids is 1. The maximum absolute atomic E-state index is 14.0. The van der Waals surface area contributed by atoms with Crippen molar-refractivity contribution in [1.29, 1.82) is 0 Å². The Balaban J connectivity index is 1.78. The van der Waals surface area contributed by atoms with E-state index in [4.69, 9.17) is 14.2 Å². The van der Waals surface area contributed by atoms with Gasteiger partial charge < -0.3 is 14.2 Å². The zero-order chi connectivity index (χ0) is 27.5. The first kappa shape index (κ1) is 26.2. The van der Waals surface area contributed by atoms with Crippen molar-refractivity contribution in [2.75, 3.05) is 20.3 Å². The summed E-state index contributed by atoms with van der Waals surface area (Å²) in [5, 5.41) is 1.84. The minimum absolute atomic E-state index is 0.198. The van der Waals surface area contributed by atoms with Gasteiger partial charge in [-0.15, -0.1) is 0 Å². The van der Waals surface area contributed by atoms with E-state index in [1.807, 2.05) is 66.7 Å². The summed E-state index contributed by atoms with van der Waals surface area (Å²) in [4.78, 5) is 32.6. The molecule has 5 rings (SSSR count). The zero-order valence-electron chi connectivity index (χ0n) is 22.0. The molecule has 3 aromatic carbocycles. The van der Waals surface area contributed by atoms with Crippen molar-refractivity contribution in [3.8, 4) is 11.5 Å². The summed E-state index contributed by atoms with van der Waals surface area (Å²) in [5.74, 6) is 0.729. The van der Waals surface area contributed by atoms with Crippen LogP contribution in [0.2, 0.25) is 0 Å². The molecular formula is C31H28N2O5S. The molecule has 1 aliphatic rings. The number of methoxy groups -OCH3 is 1. The SMILES string of the molecule is C=CCOc1cccc(/C=c2\sc3n(c2=O)[C@H](c2c(OC)ccc4ccccc24)C(C(=O)OCC)=C(C)N=3)c1. The fraction of sp³-hybridized carbons (Fsp3) is 0.194. The van der Waals surface area contributed by atoms with Gasteiger partial charge in [0.25, 0.3) is 5.56 Å². The lowest BCUT2D eigenvalue weighted by atomic mass is 9.90. The zero-order valence-corrected chi connectivity index (χ0v) is 22.8. The summed E-state index contributed by atoms with van der Waals surface area (Å²) >= 11 is 1.27. The summed E-state index contributed by atoms with van der Waals surface area (Å²) < 4.78 is 19.0. The van der Waals surface area contributed by atoms with Crippen LogP contribution in [-0.2, 0) is 9.53 Å². The highest BCUT2D eigenvalue weighted by molar-refractivity contribution is 7.07. The summed E-state index contributed by atoms with van der Waals surface area (Å²) in [5.41, 5.74) is 2.07. The Bertz CT molecular complexity index is 1800. The third-order valence-corrected chi connectivity index (χ3v) is 7.45. The van der Waals surface area contributed by atoms with E-state index in [0.717, 1.165) is 16.3 Å². The van der Waals surface area contributed by atoms with Crippen LogP contribution < -0.4 is 24.4 Å². The predicted octanol–water partition coefficient (Wildman–Crippen LogP) is 4.52. The van der Waals surface area contributed by atoms with E-state index in [-0.39, 0.29) is 12.2 Å². The van der Waals surface area contributed by atoms with Crippen molar-refractivity contribution in [1.82, 2.24) is 4.57 Å². The number of hydrogen-bond acceptors (Lipinski definition) is 7. The number of esters is 1. The average molecular weight is 541 g/mol. The lowest BCUT2D eigenvalue weighted by molar-refractivity contribution is -0.139. The summed E-state index contributed by atoms with van der Waals surface area (Å²) in [6.07, 6.45) is 3.49. The molecule has 2 heterocycles. The van der Waals surface area contributed by atoms with Crippen molar-refractivity contribution in [3.05, 3.63) is 115 Å². The Morgan fingerprint density at radius 3 is 2.74 bits per heavy atom. The highest BCUT2D eigenvalue weighted by Gasteiger charge is 2.36. The number of fused-ring (bicyclic) bond motifs is 2. The molecule has 0 spiro atoms. The first-order valence-corrected chi connectivity index (χ1v) is 13.4. The Morgan fingerprint density at radius 1 is 1.15 bits per heavy atom. The highest BCUT2D eigenvalue weighted by Crippen LogP contribution is 2.40. The quantitative estimate of drug-likeness (QED) is 0.243. The average Bonchev–Trinajstić information content (AvgIpc) is 3.24. The lowest BCUT2D eigenvalue weighted by Crippen LogP contribution is -2.40. The van der Waals surface area contributed by atoms with Gasteiger partial charge >= 0.3 is 5.97 Å². The number of hydrogen-bond donors (Lipinski definition) is 0. The number of carbonyl (C=O) groups is 1. The summed E-state index contributed by atoms with van der Waals surface area (Å²) in [7, 11) is 1.58. The van der Waals surface area contributed by atoms with Crippen LogP contribution in [0.5, 0.6) is 11.5 Å². The maximum Gasteiger partial charge on any atom is 0.338 e. The van der Waals surface area contributed by atoms with Crippen LogP contribution >= 0.6 is 11.3 Å². The van der Waals surface area contributed by atoms with Gasteiger partial charge in [-0.3, -0.25) is 9.36 Å². The van der Waals surface area contributed by atoms with Crippen molar-refractivity contribution >= 4 is 34.2 Å². The molecule has 0 fully saturated rings. The molecule has 0 saturated heterocycles. The van der Waals surface area contributed by atoms with Gasteiger partial charge in [-0.25, -0.2) is 9.79 Å². The number of aromatic nitrogens is 1. The van der Waals surface area contributed by atoms with Crippen LogP contribution in [0, 0.1) is 0 Å². The van der Waals surface area contributed by atoms with E-state index >= 15 is 0 Å². The predicted molar refractivity (Wildman–Crippen MR) is 153 cm³/mol. The van der Waals surface area contributed by atoms with Crippen molar-refractivity contribution in [2.24, 2.45) is 4.99 Å². The van der Waals surface area contributed by atoms with Crippen LogP contribution in [0.1, 0.15) is 31.0 Å². The number of thiazole rings is 1. The molecule has 4 aromatic rings. The van der Waals surface area contributed by atoms with Crippen LogP contribution in [0.4, 0.5) is 0 Å². The number of benzene rings is 3. The third-order valence-electron chi connectivity index (χ3n) is 6.46. The van der Waals surface area contributed by atoms with Gasteiger partial charge in [-0.1, -0.05) is 66.5 Å². The van der Waals surface area contributed by atoms with Crippen molar-refractivity contribution in [3.63, 3.8) is 0 Å². The molecule has 0 N–H and O–H groups in total. The van der Waals surface area contributed by atoms with Gasteiger partial charge in [0.05, 0.1) is 29.5 Å². The minimum Gasteiger partial charge on any atom is -0.496 e. The molecule has 0 bridgehead atoms. The molecule has 1 atom stereocenters. The van der Waals surface area contributed by atoms with Crippen LogP contribution in [0.15, 0.2) is 94.4 Å². The van der Waals surface area contributed by atoms with E-state index in [9.17, 15) is 9.59 Å². The normalized spacial score (nSPS) is 15.1. The van der Waals surface area contributed by atoms with Gasteiger partial charge in [0.15, 0.2) is 4.80 Å². The van der Waals surface area contributed by atoms with Crippen LogP contribution in [0.3, 0.4) is 0 Å². The Hall–Kier alpha value is -4.43. The lowest BCUT2D eigenvalue weighted by Gasteiger charge is -2.27. The van der Waals surface area contributed by atoms with Crippen molar-refractivity contribution in [2.45, 2.75) is 19.9 Å². The number of rotatable bonds is 8. The Morgan fingerprint density at radius 2 is 1.97 bits per heavy atom. The topological polar surface area (TPSA) is 79.1 Å². The molecule has 7 nitrogen and oxygen atoms in total. The summed E-state index contributed by atoms with van der Waals surface area (Å²) in [6.45, 7) is 7.79. The highest BCUT2D eigenvalue weighted by atomic mass is 32.1. The molecule has 198 valence electrons. The number of allylic oxidation sites excluding steroid dienone is 1. The van der Waals surface area contributed by atoms with E-state index in [0.29, 0.717) is 44.3 Å².